The molecule has 0 radical (unpaired) electrons. The molecular formula is C16H19N3OS. The Morgan fingerprint density at radius 1 is 1.19 bits per heavy atom. The van der Waals surface area contributed by atoms with E-state index in [2.05, 4.69) is 33.5 Å². The number of hydrogen-bond donors (Lipinski definition) is 1. The molecule has 2 aromatic rings. The van der Waals surface area contributed by atoms with Crippen LogP contribution in [0.1, 0.15) is 35.2 Å². The molecule has 1 aliphatic heterocycles. The Bertz CT molecular complexity index is 611. The van der Waals surface area contributed by atoms with E-state index in [1.54, 1.807) is 11.5 Å². The molecule has 1 saturated heterocycles. The molecular weight excluding hydrogens is 282 g/mol. The molecule has 1 saturated carbocycles. The van der Waals surface area contributed by atoms with Gasteiger partial charge in [0.25, 0.3) is 0 Å². The van der Waals surface area contributed by atoms with Crippen LogP contribution < -0.4 is 4.90 Å². The molecule has 2 aliphatic rings. The molecule has 0 amide bonds. The Hall–Kier alpha value is -1.46. The molecule has 110 valence electrons. The molecule has 0 unspecified atom stereocenters. The third kappa shape index (κ3) is 2.56. The highest BCUT2D eigenvalue weighted by Gasteiger charge is 2.36. The van der Waals surface area contributed by atoms with E-state index >= 15 is 0 Å². The predicted molar refractivity (Wildman–Crippen MR) is 83.9 cm³/mol. The lowest BCUT2D eigenvalue weighted by Crippen LogP contribution is -2.21. The average Bonchev–Trinajstić information content (AvgIpc) is 3.11. The number of hydrogen-bond acceptors (Lipinski definition) is 5. The Morgan fingerprint density at radius 3 is 2.71 bits per heavy atom. The Morgan fingerprint density at radius 2 is 2.00 bits per heavy atom. The van der Waals surface area contributed by atoms with Crippen molar-refractivity contribution in [2.75, 3.05) is 24.6 Å². The van der Waals surface area contributed by atoms with Gasteiger partial charge in [-0.3, -0.25) is 0 Å². The van der Waals surface area contributed by atoms with Gasteiger partial charge in [-0.25, -0.2) is 4.98 Å². The monoisotopic (exact) mass is 301 g/mol. The second-order valence-electron chi connectivity index (χ2n) is 6.07. The van der Waals surface area contributed by atoms with Gasteiger partial charge < -0.3 is 10.0 Å². The second kappa shape index (κ2) is 5.39. The first-order valence-electron chi connectivity index (χ1n) is 7.59. The maximum Gasteiger partial charge on any atom is 0.237 e. The highest BCUT2D eigenvalue weighted by molar-refractivity contribution is 7.05. The first-order chi connectivity index (χ1) is 10.3. The summed E-state index contributed by atoms with van der Waals surface area (Å²) in [4.78, 5) is 6.94. The standard InChI is InChI=1S/C16H19N3OS/c20-10-13-8-19(9-14(13)11-4-2-1-3-5-11)16-17-15(21-18-16)12-6-7-12/h1-5,12-14,20H,6-10H2/t13-,14-/m0/s1. The number of anilines is 1. The smallest absolute Gasteiger partial charge is 0.237 e. The molecule has 2 atom stereocenters. The summed E-state index contributed by atoms with van der Waals surface area (Å²) in [7, 11) is 0. The molecule has 1 aromatic carbocycles. The van der Waals surface area contributed by atoms with Crippen LogP contribution >= 0.6 is 11.5 Å². The first kappa shape index (κ1) is 13.2. The average molecular weight is 301 g/mol. The van der Waals surface area contributed by atoms with E-state index in [1.165, 1.54) is 23.4 Å². The zero-order chi connectivity index (χ0) is 14.2. The summed E-state index contributed by atoms with van der Waals surface area (Å²) >= 11 is 1.55. The van der Waals surface area contributed by atoms with Gasteiger partial charge in [0.15, 0.2) is 0 Å². The molecule has 5 heteroatoms. The molecule has 1 aromatic heterocycles. The Kier molecular flexibility index (Phi) is 3.39. The van der Waals surface area contributed by atoms with Crippen LogP contribution in [0.3, 0.4) is 0 Å². The van der Waals surface area contributed by atoms with Gasteiger partial charge in [0.1, 0.15) is 5.01 Å². The van der Waals surface area contributed by atoms with Crippen LogP contribution in [-0.4, -0.2) is 34.2 Å². The second-order valence-corrected chi connectivity index (χ2v) is 6.86. The third-order valence-corrected chi connectivity index (χ3v) is 5.41. The van der Waals surface area contributed by atoms with E-state index in [1.807, 2.05) is 6.07 Å². The Labute approximate surface area is 128 Å². The van der Waals surface area contributed by atoms with Crippen molar-refractivity contribution in [1.82, 2.24) is 9.36 Å². The minimum atomic E-state index is 0.218. The van der Waals surface area contributed by atoms with Crippen molar-refractivity contribution in [3.05, 3.63) is 40.9 Å². The van der Waals surface area contributed by atoms with Crippen molar-refractivity contribution < 1.29 is 5.11 Å². The van der Waals surface area contributed by atoms with Gasteiger partial charge in [0.05, 0.1) is 0 Å². The maximum atomic E-state index is 9.70. The largest absolute Gasteiger partial charge is 0.396 e. The van der Waals surface area contributed by atoms with Crippen LogP contribution in [-0.2, 0) is 0 Å². The Balaban J connectivity index is 1.55. The lowest BCUT2D eigenvalue weighted by atomic mass is 9.90. The van der Waals surface area contributed by atoms with E-state index in [0.717, 1.165) is 19.0 Å². The van der Waals surface area contributed by atoms with Crippen LogP contribution in [0.4, 0.5) is 5.95 Å². The summed E-state index contributed by atoms with van der Waals surface area (Å²) in [5.41, 5.74) is 1.30. The van der Waals surface area contributed by atoms with Crippen molar-refractivity contribution >= 4 is 17.5 Å². The van der Waals surface area contributed by atoms with Gasteiger partial charge in [-0.15, -0.1) is 0 Å². The molecule has 0 bridgehead atoms. The number of rotatable bonds is 4. The van der Waals surface area contributed by atoms with E-state index in [0.29, 0.717) is 11.8 Å². The summed E-state index contributed by atoms with van der Waals surface area (Å²) < 4.78 is 4.53. The number of benzene rings is 1. The van der Waals surface area contributed by atoms with Gasteiger partial charge in [0.2, 0.25) is 5.95 Å². The lowest BCUT2D eigenvalue weighted by Gasteiger charge is -2.15. The van der Waals surface area contributed by atoms with E-state index < -0.39 is 0 Å². The molecule has 21 heavy (non-hydrogen) atoms. The van der Waals surface area contributed by atoms with Crippen LogP contribution in [0.25, 0.3) is 0 Å². The summed E-state index contributed by atoms with van der Waals surface area (Å²) in [6, 6.07) is 10.5. The predicted octanol–water partition coefficient (Wildman–Crippen LogP) is 2.63. The van der Waals surface area contributed by atoms with Gasteiger partial charge in [-0.2, -0.15) is 4.37 Å². The zero-order valence-corrected chi connectivity index (χ0v) is 12.7. The quantitative estimate of drug-likeness (QED) is 0.943. The molecule has 2 heterocycles. The van der Waals surface area contributed by atoms with Crippen LogP contribution in [0.15, 0.2) is 30.3 Å². The molecule has 0 spiro atoms. The van der Waals surface area contributed by atoms with Crippen LogP contribution in [0.5, 0.6) is 0 Å². The fourth-order valence-corrected chi connectivity index (χ4v) is 3.99. The number of aliphatic hydroxyl groups excluding tert-OH is 1. The summed E-state index contributed by atoms with van der Waals surface area (Å²) in [6.07, 6.45) is 2.53. The summed E-state index contributed by atoms with van der Waals surface area (Å²) in [5, 5.41) is 10.9. The first-order valence-corrected chi connectivity index (χ1v) is 8.37. The lowest BCUT2D eigenvalue weighted by molar-refractivity contribution is 0.227. The van der Waals surface area contributed by atoms with Crippen LogP contribution in [0.2, 0.25) is 0 Å². The van der Waals surface area contributed by atoms with Crippen molar-refractivity contribution in [2.45, 2.75) is 24.7 Å². The van der Waals surface area contributed by atoms with Gasteiger partial charge in [-0.1, -0.05) is 30.3 Å². The van der Waals surface area contributed by atoms with Crippen LogP contribution in [0, 0.1) is 5.92 Å². The van der Waals surface area contributed by atoms with Crippen molar-refractivity contribution in [1.29, 1.82) is 0 Å². The maximum absolute atomic E-state index is 9.70. The minimum absolute atomic E-state index is 0.218. The topological polar surface area (TPSA) is 49.2 Å². The number of nitrogens with zero attached hydrogens (tertiary/aromatic N) is 3. The number of aliphatic hydroxyl groups is 1. The fraction of sp³-hybridized carbons (Fsp3) is 0.500. The zero-order valence-electron chi connectivity index (χ0n) is 11.9. The highest BCUT2D eigenvalue weighted by atomic mass is 32.1. The molecule has 4 rings (SSSR count). The molecule has 1 N–H and O–H groups in total. The molecule has 4 nitrogen and oxygen atoms in total. The van der Waals surface area contributed by atoms with E-state index in [-0.39, 0.29) is 12.5 Å². The van der Waals surface area contributed by atoms with E-state index in [4.69, 9.17) is 4.98 Å². The van der Waals surface area contributed by atoms with Crippen molar-refractivity contribution in [2.24, 2.45) is 5.92 Å². The normalized spacial score (nSPS) is 25.5. The SMILES string of the molecule is OC[C@@H]1CN(c2nsc(C3CC3)n2)C[C@H]1c1ccccc1. The minimum Gasteiger partial charge on any atom is -0.396 e. The van der Waals surface area contributed by atoms with Gasteiger partial charge in [0, 0.05) is 37.5 Å². The molecule has 1 aliphatic carbocycles. The highest BCUT2D eigenvalue weighted by Crippen LogP contribution is 2.42. The third-order valence-electron chi connectivity index (χ3n) is 4.54. The van der Waals surface area contributed by atoms with Gasteiger partial charge >= 0.3 is 0 Å². The van der Waals surface area contributed by atoms with Gasteiger partial charge in [-0.05, 0) is 29.9 Å². The molecule has 2 fully saturated rings. The summed E-state index contributed by atoms with van der Waals surface area (Å²) in [5.74, 6) is 2.15. The fourth-order valence-electron chi connectivity index (χ4n) is 3.15. The van der Waals surface area contributed by atoms with Crippen molar-refractivity contribution in [3.63, 3.8) is 0 Å². The number of aromatic nitrogens is 2. The van der Waals surface area contributed by atoms with E-state index in [9.17, 15) is 5.11 Å². The summed E-state index contributed by atoms with van der Waals surface area (Å²) in [6.45, 7) is 1.96. The van der Waals surface area contributed by atoms with Crippen molar-refractivity contribution in [3.8, 4) is 0 Å².